The smallest absolute Gasteiger partial charge is 0.306 e. The molecule has 0 aromatic heterocycles. The summed E-state index contributed by atoms with van der Waals surface area (Å²) in [6, 6.07) is 0. The minimum atomic E-state index is -1.10. The summed E-state index contributed by atoms with van der Waals surface area (Å²) < 4.78 is 5.09. The number of esters is 1. The highest BCUT2D eigenvalue weighted by Gasteiger charge is 2.64. The van der Waals surface area contributed by atoms with Gasteiger partial charge in [-0.3, -0.25) is 19.2 Å². The fourth-order valence-electron chi connectivity index (χ4n) is 7.44. The van der Waals surface area contributed by atoms with Gasteiger partial charge in [0.2, 0.25) is 0 Å². The zero-order valence-electron chi connectivity index (χ0n) is 19.6. The zero-order chi connectivity index (χ0) is 25.0. The minimum absolute atomic E-state index is 0.0200. The number of aliphatic carboxylic acids is 1. The largest absolute Gasteiger partial charge is 0.481 e. The van der Waals surface area contributed by atoms with E-state index >= 15 is 0 Å². The Morgan fingerprint density at radius 1 is 1.24 bits per heavy atom. The molecule has 0 radical (unpaired) electrons. The molecule has 8 heteroatoms. The van der Waals surface area contributed by atoms with Crippen molar-refractivity contribution in [3.05, 3.63) is 34.9 Å². The molecule has 2 N–H and O–H groups in total. The monoisotopic (exact) mass is 490 g/mol. The van der Waals surface area contributed by atoms with Crippen molar-refractivity contribution in [3.63, 3.8) is 0 Å². The Kier molecular flexibility index (Phi) is 6.40. The molecular weight excluding hydrogens is 460 g/mol. The van der Waals surface area contributed by atoms with Crippen LogP contribution in [0.25, 0.3) is 0 Å². The van der Waals surface area contributed by atoms with Gasteiger partial charge in [0.25, 0.3) is 0 Å². The number of carbonyl (C=O) groups is 4. The Bertz CT molecular complexity index is 1030. The van der Waals surface area contributed by atoms with E-state index in [-0.39, 0.29) is 48.1 Å². The van der Waals surface area contributed by atoms with Crippen LogP contribution in [-0.2, 0) is 23.9 Å². The number of carbonyl (C=O) groups excluding carboxylic acids is 3. The first kappa shape index (κ1) is 24.9. The maximum absolute atomic E-state index is 13.2. The molecular formula is C26H31ClO7. The number of fused-ring (bicyclic) bond motifs is 5. The highest BCUT2D eigenvalue weighted by molar-refractivity contribution is 6.32. The molecule has 0 aromatic carbocycles. The molecule has 0 aliphatic heterocycles. The summed E-state index contributed by atoms with van der Waals surface area (Å²) in [5.74, 6) is -2.66. The van der Waals surface area contributed by atoms with Gasteiger partial charge in [0, 0.05) is 22.3 Å². The van der Waals surface area contributed by atoms with Crippen LogP contribution >= 0.6 is 11.6 Å². The van der Waals surface area contributed by atoms with Crippen LogP contribution < -0.4 is 0 Å². The molecule has 0 amide bonds. The van der Waals surface area contributed by atoms with Crippen molar-refractivity contribution < 1.29 is 34.1 Å². The van der Waals surface area contributed by atoms with Crippen LogP contribution in [0.1, 0.15) is 46.5 Å². The normalized spacial score (nSPS) is 40.4. The molecule has 0 aromatic rings. The minimum Gasteiger partial charge on any atom is -0.481 e. The molecule has 0 saturated heterocycles. The number of rotatable bonds is 6. The maximum atomic E-state index is 13.2. The van der Waals surface area contributed by atoms with Gasteiger partial charge >= 0.3 is 11.9 Å². The van der Waals surface area contributed by atoms with E-state index in [4.69, 9.17) is 21.4 Å². The third-order valence-corrected chi connectivity index (χ3v) is 9.04. The number of aliphatic hydroxyl groups is 1. The molecule has 4 aliphatic rings. The van der Waals surface area contributed by atoms with Crippen molar-refractivity contribution in [1.29, 1.82) is 0 Å². The van der Waals surface area contributed by atoms with Gasteiger partial charge in [-0.15, -0.1) is 0 Å². The molecule has 8 atom stereocenters. The zero-order valence-corrected chi connectivity index (χ0v) is 20.4. The van der Waals surface area contributed by atoms with E-state index in [1.807, 2.05) is 32.9 Å². The highest BCUT2D eigenvalue weighted by Crippen LogP contribution is 2.66. The standard InChI is InChI=1S/C26H31ClO7/c1-13-8-16-15-10-18(27)17-9-14(28)6-7-25(17,2)24(15)19(29)11-26(16,3)23(13)20(30)12-34-22(33)5-4-21(31)32/h6-7,9-10,13,15-16,19,23-24,29H,4-5,8,11-12H2,1-3H3,(H,31,32)/t13-,15+,16+,19+,23-,24-,25+,26+/m1/s1. The van der Waals surface area contributed by atoms with Crippen molar-refractivity contribution >= 4 is 35.1 Å². The Morgan fingerprint density at radius 3 is 2.62 bits per heavy atom. The van der Waals surface area contributed by atoms with Gasteiger partial charge in [-0.1, -0.05) is 44.5 Å². The lowest BCUT2D eigenvalue weighted by molar-refractivity contribution is -0.154. The lowest BCUT2D eigenvalue weighted by atomic mass is 9.48. The van der Waals surface area contributed by atoms with E-state index in [0.717, 1.165) is 12.0 Å². The molecule has 184 valence electrons. The Balaban J connectivity index is 1.59. The topological polar surface area (TPSA) is 118 Å². The van der Waals surface area contributed by atoms with Gasteiger partial charge in [0.1, 0.15) is 6.61 Å². The molecule has 34 heavy (non-hydrogen) atoms. The Morgan fingerprint density at radius 2 is 1.94 bits per heavy atom. The van der Waals surface area contributed by atoms with Crippen LogP contribution in [0.3, 0.4) is 0 Å². The van der Waals surface area contributed by atoms with Gasteiger partial charge in [0.15, 0.2) is 11.6 Å². The fraction of sp³-hybridized carbons (Fsp3) is 0.615. The second-order valence-corrected chi connectivity index (χ2v) is 11.2. The summed E-state index contributed by atoms with van der Waals surface area (Å²) in [5.41, 5.74) is -0.349. The van der Waals surface area contributed by atoms with E-state index in [2.05, 4.69) is 0 Å². The first-order chi connectivity index (χ1) is 15.9. The number of ketones is 2. The number of Topliss-reactive ketones (excluding diaryl/α,β-unsaturated/α-hetero) is 1. The average Bonchev–Trinajstić information content (AvgIpc) is 3.01. The Labute approximate surface area is 203 Å². The second kappa shape index (κ2) is 8.76. The third kappa shape index (κ3) is 3.97. The number of hydrogen-bond acceptors (Lipinski definition) is 6. The molecule has 7 nitrogen and oxygen atoms in total. The van der Waals surface area contributed by atoms with Crippen LogP contribution in [0.2, 0.25) is 0 Å². The molecule has 2 fully saturated rings. The van der Waals surface area contributed by atoms with Crippen LogP contribution in [0.4, 0.5) is 0 Å². The first-order valence-corrected chi connectivity index (χ1v) is 12.2. The van der Waals surface area contributed by atoms with Crippen molar-refractivity contribution in [2.24, 2.45) is 40.4 Å². The summed E-state index contributed by atoms with van der Waals surface area (Å²) in [6.07, 6.45) is 6.77. The molecule has 0 unspecified atom stereocenters. The number of aliphatic hydroxyl groups excluding tert-OH is 1. The Hall–Kier alpha value is -2.25. The number of hydrogen-bond donors (Lipinski definition) is 2. The molecule has 0 heterocycles. The van der Waals surface area contributed by atoms with Crippen LogP contribution in [0, 0.1) is 40.4 Å². The molecule has 0 bridgehead atoms. The van der Waals surface area contributed by atoms with Crippen molar-refractivity contribution in [2.75, 3.05) is 6.61 Å². The average molecular weight is 491 g/mol. The number of ether oxygens (including phenoxy) is 1. The van der Waals surface area contributed by atoms with Gasteiger partial charge in [0.05, 0.1) is 18.9 Å². The van der Waals surface area contributed by atoms with Crippen LogP contribution in [0.5, 0.6) is 0 Å². The van der Waals surface area contributed by atoms with Crippen LogP contribution in [-0.4, -0.2) is 46.4 Å². The maximum Gasteiger partial charge on any atom is 0.306 e. The third-order valence-electron chi connectivity index (χ3n) is 8.71. The number of halogens is 1. The summed E-state index contributed by atoms with van der Waals surface area (Å²) >= 11 is 6.68. The van der Waals surface area contributed by atoms with Crippen LogP contribution in [0.15, 0.2) is 34.9 Å². The summed E-state index contributed by atoms with van der Waals surface area (Å²) in [7, 11) is 0. The van der Waals surface area contributed by atoms with E-state index in [1.165, 1.54) is 0 Å². The predicted octanol–water partition coefficient (Wildman–Crippen LogP) is 3.45. The second-order valence-electron chi connectivity index (χ2n) is 10.8. The first-order valence-electron chi connectivity index (χ1n) is 11.8. The van der Waals surface area contributed by atoms with E-state index in [9.17, 15) is 24.3 Å². The van der Waals surface area contributed by atoms with Crippen molar-refractivity contribution in [2.45, 2.75) is 52.6 Å². The molecule has 0 spiro atoms. The van der Waals surface area contributed by atoms with Gasteiger partial charge in [-0.25, -0.2) is 0 Å². The highest BCUT2D eigenvalue weighted by atomic mass is 35.5. The molecule has 4 rings (SSSR count). The fourth-order valence-corrected chi connectivity index (χ4v) is 7.84. The molecule has 4 aliphatic carbocycles. The summed E-state index contributed by atoms with van der Waals surface area (Å²) in [4.78, 5) is 47.8. The lowest BCUT2D eigenvalue weighted by Gasteiger charge is -2.57. The SMILES string of the molecule is C[C@@H]1C[C@H]2[C@@H]3C=C(Cl)C4=CC(=O)C=C[C@]4(C)[C@H]3[C@@H](O)C[C@]2(C)[C@H]1C(=O)COC(=O)CCC(=O)O. The van der Waals surface area contributed by atoms with Crippen molar-refractivity contribution in [3.8, 4) is 0 Å². The number of carboxylic acid groups (broad SMARTS) is 1. The summed E-state index contributed by atoms with van der Waals surface area (Å²) in [6.45, 7) is 5.66. The van der Waals surface area contributed by atoms with E-state index < -0.39 is 41.4 Å². The number of carboxylic acids is 1. The van der Waals surface area contributed by atoms with Gasteiger partial charge in [-0.2, -0.15) is 0 Å². The quantitative estimate of drug-likeness (QED) is 0.547. The lowest BCUT2D eigenvalue weighted by Crippen LogP contribution is -2.55. The van der Waals surface area contributed by atoms with E-state index in [0.29, 0.717) is 11.5 Å². The molecule has 2 saturated carbocycles. The van der Waals surface area contributed by atoms with Crippen molar-refractivity contribution in [1.82, 2.24) is 0 Å². The van der Waals surface area contributed by atoms with Gasteiger partial charge in [-0.05, 0) is 53.7 Å². The van der Waals surface area contributed by atoms with Gasteiger partial charge < -0.3 is 14.9 Å². The number of allylic oxidation sites excluding steroid dienone is 6. The predicted molar refractivity (Wildman–Crippen MR) is 124 cm³/mol. The summed E-state index contributed by atoms with van der Waals surface area (Å²) in [5, 5.41) is 20.7. The van der Waals surface area contributed by atoms with E-state index in [1.54, 1.807) is 12.2 Å².